The van der Waals surface area contributed by atoms with Gasteiger partial charge in [-0.05, 0) is 59.3 Å². The predicted molar refractivity (Wildman–Crippen MR) is 73.2 cm³/mol. The molecule has 1 N–H and O–H groups in total. The van der Waals surface area contributed by atoms with Gasteiger partial charge in [-0.1, -0.05) is 24.6 Å². The fraction of sp³-hybridized carbons (Fsp3) is 0.538. The fourth-order valence-electron chi connectivity index (χ4n) is 2.59. The molecule has 2 unspecified atom stereocenters. The highest BCUT2D eigenvalue weighted by Crippen LogP contribution is 2.39. The Kier molecular flexibility index (Phi) is 4.45. The summed E-state index contributed by atoms with van der Waals surface area (Å²) in [6.07, 6.45) is 3.15. The maximum Gasteiger partial charge on any atom is 0.146 e. The van der Waals surface area contributed by atoms with Crippen LogP contribution >= 0.6 is 27.5 Å². The molecule has 0 aromatic heterocycles. The van der Waals surface area contributed by atoms with Crippen molar-refractivity contribution >= 4 is 27.5 Å². The molecule has 94 valence electrons. The molecular formula is C13H16BrClFN. The van der Waals surface area contributed by atoms with Crippen molar-refractivity contribution in [3.05, 3.63) is 33.0 Å². The highest BCUT2D eigenvalue weighted by molar-refractivity contribution is 9.10. The molecule has 0 aliphatic heterocycles. The van der Waals surface area contributed by atoms with Crippen molar-refractivity contribution in [1.29, 1.82) is 0 Å². The van der Waals surface area contributed by atoms with Crippen molar-refractivity contribution in [2.45, 2.75) is 38.1 Å². The summed E-state index contributed by atoms with van der Waals surface area (Å²) in [7, 11) is 0. The van der Waals surface area contributed by atoms with Crippen LogP contribution in [0.4, 0.5) is 4.39 Å². The Morgan fingerprint density at radius 3 is 2.94 bits per heavy atom. The molecular weight excluding hydrogens is 305 g/mol. The molecule has 1 aliphatic carbocycles. The van der Waals surface area contributed by atoms with Crippen molar-refractivity contribution in [2.24, 2.45) is 0 Å². The third kappa shape index (κ3) is 2.83. The molecule has 1 aromatic rings. The molecule has 17 heavy (non-hydrogen) atoms. The molecule has 1 saturated carbocycles. The Bertz CT molecular complexity index is 411. The molecule has 0 spiro atoms. The summed E-state index contributed by atoms with van der Waals surface area (Å²) in [5.74, 6) is 0.0350. The lowest BCUT2D eigenvalue weighted by Crippen LogP contribution is -2.25. The second-order valence-electron chi connectivity index (χ2n) is 4.53. The number of nitrogens with one attached hydrogen (secondary N) is 1. The minimum Gasteiger partial charge on any atom is -0.314 e. The van der Waals surface area contributed by atoms with Crippen LogP contribution in [-0.2, 0) is 0 Å². The average molecular weight is 321 g/mol. The summed E-state index contributed by atoms with van der Waals surface area (Å²) < 4.78 is 14.7. The van der Waals surface area contributed by atoms with Crippen LogP contribution in [0.15, 0.2) is 16.6 Å². The molecule has 0 radical (unpaired) electrons. The summed E-state index contributed by atoms with van der Waals surface area (Å²) in [5, 5.41) is 3.63. The number of benzene rings is 1. The van der Waals surface area contributed by atoms with Crippen LogP contribution in [0.3, 0.4) is 0 Å². The minimum atomic E-state index is -0.261. The first kappa shape index (κ1) is 13.3. The van der Waals surface area contributed by atoms with Crippen molar-refractivity contribution < 1.29 is 4.39 Å². The van der Waals surface area contributed by atoms with Crippen molar-refractivity contribution in [1.82, 2.24) is 5.32 Å². The predicted octanol–water partition coefficient (Wildman–Crippen LogP) is 4.49. The van der Waals surface area contributed by atoms with Gasteiger partial charge in [0.1, 0.15) is 5.82 Å². The summed E-state index contributed by atoms with van der Waals surface area (Å²) in [6.45, 7) is 3.07. The van der Waals surface area contributed by atoms with Gasteiger partial charge < -0.3 is 5.32 Å². The molecule has 1 aliphatic rings. The Balaban J connectivity index is 2.16. The van der Waals surface area contributed by atoms with E-state index in [4.69, 9.17) is 11.6 Å². The van der Waals surface area contributed by atoms with E-state index in [9.17, 15) is 4.39 Å². The average Bonchev–Trinajstić information content (AvgIpc) is 2.75. The lowest BCUT2D eigenvalue weighted by atomic mass is 9.97. The number of hydrogen-bond donors (Lipinski definition) is 1. The van der Waals surface area contributed by atoms with Gasteiger partial charge in [-0.2, -0.15) is 0 Å². The summed E-state index contributed by atoms with van der Waals surface area (Å²) in [4.78, 5) is 0. The van der Waals surface area contributed by atoms with Crippen molar-refractivity contribution in [3.8, 4) is 0 Å². The van der Waals surface area contributed by atoms with Gasteiger partial charge in [0.05, 0.1) is 5.02 Å². The standard InChI is InChI=1S/C13H16BrClFN/c1-2-17-9-4-3-8(7-9)10-5-6-11(14)12(15)13(10)16/h5-6,8-9,17H,2-4,7H2,1H3. The first-order chi connectivity index (χ1) is 8.13. The van der Waals surface area contributed by atoms with Crippen LogP contribution in [0.2, 0.25) is 5.02 Å². The second-order valence-corrected chi connectivity index (χ2v) is 5.76. The summed E-state index contributed by atoms with van der Waals surface area (Å²) >= 11 is 9.16. The van der Waals surface area contributed by atoms with E-state index in [0.717, 1.165) is 31.4 Å². The molecule has 0 heterocycles. The van der Waals surface area contributed by atoms with Crippen LogP contribution in [0.5, 0.6) is 0 Å². The maximum absolute atomic E-state index is 14.0. The smallest absolute Gasteiger partial charge is 0.146 e. The summed E-state index contributed by atoms with van der Waals surface area (Å²) in [6, 6.07) is 4.21. The Morgan fingerprint density at radius 1 is 1.47 bits per heavy atom. The zero-order valence-corrected chi connectivity index (χ0v) is 12.1. The van der Waals surface area contributed by atoms with Crippen molar-refractivity contribution in [2.75, 3.05) is 6.54 Å². The van der Waals surface area contributed by atoms with Gasteiger partial charge in [0, 0.05) is 10.5 Å². The maximum atomic E-state index is 14.0. The van der Waals surface area contributed by atoms with Gasteiger partial charge in [0.15, 0.2) is 0 Å². The van der Waals surface area contributed by atoms with E-state index in [0.29, 0.717) is 16.4 Å². The van der Waals surface area contributed by atoms with Crippen LogP contribution < -0.4 is 5.32 Å². The van der Waals surface area contributed by atoms with Crippen LogP contribution in [-0.4, -0.2) is 12.6 Å². The van der Waals surface area contributed by atoms with E-state index in [2.05, 4.69) is 28.2 Å². The number of hydrogen-bond acceptors (Lipinski definition) is 1. The van der Waals surface area contributed by atoms with E-state index >= 15 is 0 Å². The number of halogens is 3. The molecule has 0 amide bonds. The Labute approximate surface area is 115 Å². The first-order valence-corrected chi connectivity index (χ1v) is 7.17. The topological polar surface area (TPSA) is 12.0 Å². The monoisotopic (exact) mass is 319 g/mol. The van der Waals surface area contributed by atoms with Crippen LogP contribution in [0.1, 0.15) is 37.7 Å². The van der Waals surface area contributed by atoms with Crippen molar-refractivity contribution in [3.63, 3.8) is 0 Å². The van der Waals surface area contributed by atoms with Gasteiger partial charge in [-0.25, -0.2) is 4.39 Å². The van der Waals surface area contributed by atoms with E-state index in [-0.39, 0.29) is 10.8 Å². The molecule has 1 fully saturated rings. The molecule has 4 heteroatoms. The first-order valence-electron chi connectivity index (χ1n) is 6.00. The van der Waals surface area contributed by atoms with E-state index in [1.165, 1.54) is 0 Å². The zero-order valence-electron chi connectivity index (χ0n) is 9.77. The normalized spacial score (nSPS) is 24.2. The van der Waals surface area contributed by atoms with E-state index in [1.54, 1.807) is 0 Å². The molecule has 1 nitrogen and oxygen atoms in total. The second kappa shape index (κ2) is 5.68. The molecule has 1 aromatic carbocycles. The summed E-state index contributed by atoms with van der Waals surface area (Å²) in [5.41, 5.74) is 0.763. The van der Waals surface area contributed by atoms with Gasteiger partial charge in [0.25, 0.3) is 0 Å². The molecule has 0 saturated heterocycles. The third-order valence-electron chi connectivity index (χ3n) is 3.43. The molecule has 2 atom stereocenters. The van der Waals surface area contributed by atoms with Gasteiger partial charge in [-0.15, -0.1) is 0 Å². The highest BCUT2D eigenvalue weighted by Gasteiger charge is 2.28. The van der Waals surface area contributed by atoms with E-state index in [1.807, 2.05) is 12.1 Å². The largest absolute Gasteiger partial charge is 0.314 e. The van der Waals surface area contributed by atoms with Crippen LogP contribution in [0.25, 0.3) is 0 Å². The van der Waals surface area contributed by atoms with Gasteiger partial charge >= 0.3 is 0 Å². The molecule has 2 rings (SSSR count). The zero-order chi connectivity index (χ0) is 12.4. The Hall–Kier alpha value is -0.120. The van der Waals surface area contributed by atoms with E-state index < -0.39 is 0 Å². The lowest BCUT2D eigenvalue weighted by molar-refractivity contribution is 0.527. The number of rotatable bonds is 3. The third-order valence-corrected chi connectivity index (χ3v) is 4.69. The van der Waals surface area contributed by atoms with Gasteiger partial charge in [-0.3, -0.25) is 0 Å². The SMILES string of the molecule is CCNC1CCC(c2ccc(Br)c(Cl)c2F)C1. The van der Waals surface area contributed by atoms with Crippen LogP contribution in [0, 0.1) is 5.82 Å². The minimum absolute atomic E-state index is 0.203. The Morgan fingerprint density at radius 2 is 2.24 bits per heavy atom. The highest BCUT2D eigenvalue weighted by atomic mass is 79.9. The molecule has 0 bridgehead atoms. The fourth-order valence-corrected chi connectivity index (χ4v) is 3.07. The van der Waals surface area contributed by atoms with Gasteiger partial charge in [0.2, 0.25) is 0 Å². The lowest BCUT2D eigenvalue weighted by Gasteiger charge is -2.14. The quantitative estimate of drug-likeness (QED) is 0.809.